The first-order valence-electron chi connectivity index (χ1n) is 7.98. The van der Waals surface area contributed by atoms with Gasteiger partial charge in [0.25, 0.3) is 0 Å². The summed E-state index contributed by atoms with van der Waals surface area (Å²) in [6.07, 6.45) is 6.99. The lowest BCUT2D eigenvalue weighted by Gasteiger charge is -2.14. The second kappa shape index (κ2) is 11.8. The van der Waals surface area contributed by atoms with Gasteiger partial charge in [0.15, 0.2) is 0 Å². The molecule has 0 amide bonds. The highest BCUT2D eigenvalue weighted by Gasteiger charge is 2.05. The molecule has 0 aromatic heterocycles. The van der Waals surface area contributed by atoms with Crippen molar-refractivity contribution in [2.45, 2.75) is 51.6 Å². The van der Waals surface area contributed by atoms with E-state index in [9.17, 15) is 5.11 Å². The van der Waals surface area contributed by atoms with Crippen molar-refractivity contribution < 1.29 is 9.84 Å². The van der Waals surface area contributed by atoms with E-state index < -0.39 is 6.10 Å². The predicted molar refractivity (Wildman–Crippen MR) is 90.1 cm³/mol. The Balaban J connectivity index is 1.99. The van der Waals surface area contributed by atoms with Gasteiger partial charge in [-0.25, -0.2) is 0 Å². The van der Waals surface area contributed by atoms with Crippen molar-refractivity contribution in [3.8, 4) is 0 Å². The Kier molecular flexibility index (Phi) is 10.3. The highest BCUT2D eigenvalue weighted by Crippen LogP contribution is 2.20. The minimum atomic E-state index is -0.513. The summed E-state index contributed by atoms with van der Waals surface area (Å²) in [5.41, 5.74) is 0.842. The lowest BCUT2D eigenvalue weighted by Crippen LogP contribution is -2.25. The Hall–Kier alpha value is -0.770. The van der Waals surface area contributed by atoms with Gasteiger partial charge in [0, 0.05) is 13.2 Å². The van der Waals surface area contributed by atoms with Gasteiger partial charge in [0.2, 0.25) is 0 Å². The van der Waals surface area contributed by atoms with E-state index in [1.165, 1.54) is 32.1 Å². The molecule has 0 bridgehead atoms. The molecule has 1 unspecified atom stereocenters. The summed E-state index contributed by atoms with van der Waals surface area (Å²) >= 11 is 6.03. The Morgan fingerprint density at radius 3 is 2.62 bits per heavy atom. The number of ether oxygens (including phenoxy) is 1. The van der Waals surface area contributed by atoms with Crippen LogP contribution in [-0.4, -0.2) is 31.0 Å². The first-order valence-corrected chi connectivity index (χ1v) is 8.36. The fourth-order valence-corrected chi connectivity index (χ4v) is 2.30. The van der Waals surface area contributed by atoms with Crippen LogP contribution in [0.2, 0.25) is 5.02 Å². The van der Waals surface area contributed by atoms with Gasteiger partial charge in [-0.05, 0) is 18.6 Å². The third kappa shape index (κ3) is 8.97. The fourth-order valence-electron chi connectivity index (χ4n) is 2.10. The molecular weight excluding hydrogens is 286 g/mol. The number of para-hydroxylation sites is 1. The molecule has 0 heterocycles. The number of hydrogen-bond donors (Lipinski definition) is 2. The molecule has 1 atom stereocenters. The van der Waals surface area contributed by atoms with Gasteiger partial charge in [-0.1, -0.05) is 62.8 Å². The van der Waals surface area contributed by atoms with E-state index in [1.807, 2.05) is 24.3 Å². The summed E-state index contributed by atoms with van der Waals surface area (Å²) in [5, 5.41) is 13.6. The number of anilines is 1. The standard InChI is InChI=1S/C17H28ClNO2/c1-2-3-4-5-6-9-12-21-14-15(20)13-19-17-11-8-7-10-16(17)18/h7-8,10-11,15,19-20H,2-6,9,12-14H2,1H3. The summed E-state index contributed by atoms with van der Waals surface area (Å²) in [4.78, 5) is 0. The monoisotopic (exact) mass is 313 g/mol. The van der Waals surface area contributed by atoms with Crippen LogP contribution in [0.4, 0.5) is 5.69 Å². The molecule has 0 spiro atoms. The Bertz CT molecular complexity index is 374. The van der Waals surface area contributed by atoms with Crippen LogP contribution < -0.4 is 5.32 Å². The minimum Gasteiger partial charge on any atom is -0.389 e. The molecule has 0 aliphatic heterocycles. The zero-order valence-corrected chi connectivity index (χ0v) is 13.7. The number of halogens is 1. The summed E-state index contributed by atoms with van der Waals surface area (Å²) in [6, 6.07) is 7.51. The van der Waals surface area contributed by atoms with Crippen molar-refractivity contribution in [1.29, 1.82) is 0 Å². The molecule has 0 aliphatic carbocycles. The van der Waals surface area contributed by atoms with Crippen molar-refractivity contribution in [1.82, 2.24) is 0 Å². The molecule has 1 aromatic rings. The molecule has 0 radical (unpaired) electrons. The van der Waals surface area contributed by atoms with Gasteiger partial charge < -0.3 is 15.2 Å². The number of benzene rings is 1. The van der Waals surface area contributed by atoms with Gasteiger partial charge in [0.05, 0.1) is 23.4 Å². The van der Waals surface area contributed by atoms with E-state index in [-0.39, 0.29) is 0 Å². The lowest BCUT2D eigenvalue weighted by atomic mass is 10.1. The van der Waals surface area contributed by atoms with Crippen LogP contribution in [0.15, 0.2) is 24.3 Å². The van der Waals surface area contributed by atoms with Crippen LogP contribution in [0.5, 0.6) is 0 Å². The van der Waals surface area contributed by atoms with E-state index in [0.29, 0.717) is 18.2 Å². The second-order valence-electron chi connectivity index (χ2n) is 5.36. The smallest absolute Gasteiger partial charge is 0.0945 e. The van der Waals surface area contributed by atoms with E-state index >= 15 is 0 Å². The molecule has 0 saturated carbocycles. The zero-order chi connectivity index (χ0) is 15.3. The molecule has 1 rings (SSSR count). The van der Waals surface area contributed by atoms with E-state index in [4.69, 9.17) is 16.3 Å². The van der Waals surface area contributed by atoms with Crippen LogP contribution in [0, 0.1) is 0 Å². The molecule has 4 heteroatoms. The summed E-state index contributed by atoms with van der Waals surface area (Å²) in [5.74, 6) is 0. The Morgan fingerprint density at radius 1 is 1.14 bits per heavy atom. The molecule has 0 saturated heterocycles. The summed E-state index contributed by atoms with van der Waals surface area (Å²) < 4.78 is 5.50. The van der Waals surface area contributed by atoms with E-state index in [0.717, 1.165) is 18.7 Å². The predicted octanol–water partition coefficient (Wildman–Crippen LogP) is 4.49. The molecule has 1 aromatic carbocycles. The molecule has 2 N–H and O–H groups in total. The minimum absolute atomic E-state index is 0.367. The molecular formula is C17H28ClNO2. The van der Waals surface area contributed by atoms with Gasteiger partial charge in [0.1, 0.15) is 0 Å². The molecule has 21 heavy (non-hydrogen) atoms. The molecule has 0 fully saturated rings. The number of aliphatic hydroxyl groups excluding tert-OH is 1. The van der Waals surface area contributed by atoms with Crippen molar-refractivity contribution in [3.05, 3.63) is 29.3 Å². The number of rotatable bonds is 12. The third-order valence-electron chi connectivity index (χ3n) is 3.35. The first kappa shape index (κ1) is 18.3. The Labute approximate surface area is 133 Å². The average Bonchev–Trinajstić information content (AvgIpc) is 2.49. The highest BCUT2D eigenvalue weighted by atomic mass is 35.5. The average molecular weight is 314 g/mol. The van der Waals surface area contributed by atoms with Crippen LogP contribution in [-0.2, 0) is 4.74 Å². The lowest BCUT2D eigenvalue weighted by molar-refractivity contribution is 0.0416. The van der Waals surface area contributed by atoms with Crippen molar-refractivity contribution in [3.63, 3.8) is 0 Å². The van der Waals surface area contributed by atoms with E-state index in [2.05, 4.69) is 12.2 Å². The number of hydrogen-bond acceptors (Lipinski definition) is 3. The topological polar surface area (TPSA) is 41.5 Å². The van der Waals surface area contributed by atoms with Gasteiger partial charge in [-0.2, -0.15) is 0 Å². The maximum atomic E-state index is 9.84. The molecule has 3 nitrogen and oxygen atoms in total. The van der Waals surface area contributed by atoms with Crippen LogP contribution in [0.1, 0.15) is 45.4 Å². The highest BCUT2D eigenvalue weighted by molar-refractivity contribution is 6.33. The quantitative estimate of drug-likeness (QED) is 0.559. The van der Waals surface area contributed by atoms with Crippen LogP contribution in [0.3, 0.4) is 0 Å². The van der Waals surface area contributed by atoms with Crippen molar-refractivity contribution >= 4 is 17.3 Å². The largest absolute Gasteiger partial charge is 0.389 e. The SMILES string of the molecule is CCCCCCCCOCC(O)CNc1ccccc1Cl. The fraction of sp³-hybridized carbons (Fsp3) is 0.647. The maximum Gasteiger partial charge on any atom is 0.0945 e. The number of unbranched alkanes of at least 4 members (excludes halogenated alkanes) is 5. The van der Waals surface area contributed by atoms with E-state index in [1.54, 1.807) is 0 Å². The van der Waals surface area contributed by atoms with Gasteiger partial charge in [-0.3, -0.25) is 0 Å². The number of nitrogens with one attached hydrogen (secondary N) is 1. The third-order valence-corrected chi connectivity index (χ3v) is 3.68. The van der Waals surface area contributed by atoms with Gasteiger partial charge >= 0.3 is 0 Å². The van der Waals surface area contributed by atoms with Crippen molar-refractivity contribution in [2.24, 2.45) is 0 Å². The van der Waals surface area contributed by atoms with Gasteiger partial charge in [-0.15, -0.1) is 0 Å². The summed E-state index contributed by atoms with van der Waals surface area (Å²) in [7, 11) is 0. The zero-order valence-electron chi connectivity index (χ0n) is 13.0. The van der Waals surface area contributed by atoms with Crippen LogP contribution >= 0.6 is 11.6 Å². The molecule has 0 aliphatic rings. The molecule has 120 valence electrons. The maximum absolute atomic E-state index is 9.84. The van der Waals surface area contributed by atoms with Crippen molar-refractivity contribution in [2.75, 3.05) is 25.1 Å². The normalized spacial score (nSPS) is 12.3. The van der Waals surface area contributed by atoms with Crippen LogP contribution in [0.25, 0.3) is 0 Å². The Morgan fingerprint density at radius 2 is 1.86 bits per heavy atom. The summed E-state index contributed by atoms with van der Waals surface area (Å²) in [6.45, 7) is 3.77. The number of aliphatic hydroxyl groups is 1. The first-order chi connectivity index (χ1) is 10.2. The second-order valence-corrected chi connectivity index (χ2v) is 5.76.